The monoisotopic (exact) mass is 265 g/mol. The van der Waals surface area contributed by atoms with E-state index in [-0.39, 0.29) is 11.3 Å². The van der Waals surface area contributed by atoms with Gasteiger partial charge in [0.05, 0.1) is 4.92 Å². The van der Waals surface area contributed by atoms with Gasteiger partial charge in [-0.05, 0) is 24.5 Å². The van der Waals surface area contributed by atoms with Crippen LogP contribution in [0.2, 0.25) is 0 Å². The number of amides is 1. The summed E-state index contributed by atoms with van der Waals surface area (Å²) in [6.07, 6.45) is 0.839. The summed E-state index contributed by atoms with van der Waals surface area (Å²) < 4.78 is 0. The largest absolute Gasteiger partial charge is 0.383 e. The number of nitro benzene ring substituents is 1. The number of rotatable bonds is 6. The average molecular weight is 265 g/mol. The molecule has 2 N–H and O–H groups in total. The number of hydrogen-bond donors (Lipinski definition) is 2. The van der Waals surface area contributed by atoms with Gasteiger partial charge >= 0.3 is 5.69 Å². The van der Waals surface area contributed by atoms with Gasteiger partial charge in [0.1, 0.15) is 11.3 Å². The van der Waals surface area contributed by atoms with Crippen molar-refractivity contribution in [2.24, 2.45) is 5.92 Å². The van der Waals surface area contributed by atoms with E-state index < -0.39 is 10.8 Å². The summed E-state index contributed by atoms with van der Waals surface area (Å²) in [6, 6.07) is 4.66. The van der Waals surface area contributed by atoms with Crippen LogP contribution in [-0.4, -0.2) is 24.4 Å². The van der Waals surface area contributed by atoms with E-state index in [4.69, 9.17) is 0 Å². The lowest BCUT2D eigenvalue weighted by molar-refractivity contribution is -0.384. The van der Waals surface area contributed by atoms with Gasteiger partial charge in [-0.2, -0.15) is 0 Å². The fourth-order valence-corrected chi connectivity index (χ4v) is 1.69. The zero-order valence-corrected chi connectivity index (χ0v) is 11.4. The van der Waals surface area contributed by atoms with Gasteiger partial charge in [0.15, 0.2) is 0 Å². The molecule has 6 heteroatoms. The summed E-state index contributed by atoms with van der Waals surface area (Å²) in [4.78, 5) is 22.5. The first-order valence-corrected chi connectivity index (χ1v) is 6.20. The van der Waals surface area contributed by atoms with E-state index in [0.717, 1.165) is 6.42 Å². The molecular weight excluding hydrogens is 246 g/mol. The summed E-state index contributed by atoms with van der Waals surface area (Å²) in [5.74, 6) is 0.0587. The van der Waals surface area contributed by atoms with Gasteiger partial charge in [-0.15, -0.1) is 0 Å². The number of nitrogens with one attached hydrogen (secondary N) is 2. The van der Waals surface area contributed by atoms with Crippen LogP contribution in [0.3, 0.4) is 0 Å². The van der Waals surface area contributed by atoms with Crippen molar-refractivity contribution in [2.75, 3.05) is 18.9 Å². The minimum Gasteiger partial charge on any atom is -0.383 e. The van der Waals surface area contributed by atoms with Gasteiger partial charge in [-0.1, -0.05) is 19.9 Å². The first-order valence-electron chi connectivity index (χ1n) is 6.20. The SMILES string of the molecule is CNc1cccc(C(=O)NCCC(C)C)c1[N+](=O)[O-]. The Morgan fingerprint density at radius 1 is 1.42 bits per heavy atom. The Balaban J connectivity index is 2.93. The maximum Gasteiger partial charge on any atom is 0.305 e. The van der Waals surface area contributed by atoms with Crippen molar-refractivity contribution in [2.45, 2.75) is 20.3 Å². The topological polar surface area (TPSA) is 84.3 Å². The lowest BCUT2D eigenvalue weighted by Gasteiger charge is -2.09. The summed E-state index contributed by atoms with van der Waals surface area (Å²) in [5, 5.41) is 16.5. The zero-order chi connectivity index (χ0) is 14.4. The summed E-state index contributed by atoms with van der Waals surface area (Å²) in [7, 11) is 1.59. The van der Waals surface area contributed by atoms with Crippen LogP contribution >= 0.6 is 0 Å². The summed E-state index contributed by atoms with van der Waals surface area (Å²) in [5.41, 5.74) is 0.231. The second kappa shape index (κ2) is 6.72. The molecule has 0 aromatic heterocycles. The molecule has 0 heterocycles. The lowest BCUT2D eigenvalue weighted by atomic mass is 10.1. The molecule has 1 aromatic carbocycles. The van der Waals surface area contributed by atoms with E-state index in [1.165, 1.54) is 6.07 Å². The van der Waals surface area contributed by atoms with Crippen LogP contribution in [0.25, 0.3) is 0 Å². The van der Waals surface area contributed by atoms with Gasteiger partial charge in [-0.25, -0.2) is 0 Å². The fraction of sp³-hybridized carbons (Fsp3) is 0.462. The van der Waals surface area contributed by atoms with Gasteiger partial charge in [0.25, 0.3) is 5.91 Å². The van der Waals surface area contributed by atoms with Crippen LogP contribution in [0, 0.1) is 16.0 Å². The van der Waals surface area contributed by atoms with Crippen molar-refractivity contribution < 1.29 is 9.72 Å². The van der Waals surface area contributed by atoms with Crippen LogP contribution in [0.4, 0.5) is 11.4 Å². The molecule has 0 radical (unpaired) electrons. The second-order valence-corrected chi connectivity index (χ2v) is 4.65. The third kappa shape index (κ3) is 3.94. The highest BCUT2D eigenvalue weighted by atomic mass is 16.6. The molecule has 1 aromatic rings. The number of nitro groups is 1. The highest BCUT2D eigenvalue weighted by Crippen LogP contribution is 2.28. The number of nitrogens with zero attached hydrogens (tertiary/aromatic N) is 1. The maximum atomic E-state index is 12.0. The van der Waals surface area contributed by atoms with Gasteiger partial charge in [0, 0.05) is 13.6 Å². The van der Waals surface area contributed by atoms with E-state index >= 15 is 0 Å². The molecule has 6 nitrogen and oxygen atoms in total. The number of carbonyl (C=O) groups excluding carboxylic acids is 1. The molecule has 0 saturated heterocycles. The standard InChI is InChI=1S/C13H19N3O3/c1-9(2)7-8-15-13(17)10-5-4-6-11(14-3)12(10)16(18)19/h4-6,9,14H,7-8H2,1-3H3,(H,15,17). The molecule has 1 rings (SSSR count). The summed E-state index contributed by atoms with van der Waals surface area (Å²) >= 11 is 0. The van der Waals surface area contributed by atoms with Crippen molar-refractivity contribution in [1.82, 2.24) is 5.32 Å². The first kappa shape index (κ1) is 14.9. The lowest BCUT2D eigenvalue weighted by Crippen LogP contribution is -2.26. The molecule has 0 aliphatic carbocycles. The number of anilines is 1. The predicted molar refractivity (Wildman–Crippen MR) is 74.4 cm³/mol. The van der Waals surface area contributed by atoms with Crippen LogP contribution in [-0.2, 0) is 0 Å². The van der Waals surface area contributed by atoms with Gasteiger partial charge in [0.2, 0.25) is 0 Å². The van der Waals surface area contributed by atoms with Gasteiger partial charge in [-0.3, -0.25) is 14.9 Å². The molecule has 0 aliphatic heterocycles. The van der Waals surface area contributed by atoms with Crippen LogP contribution < -0.4 is 10.6 Å². The Labute approximate surface area is 112 Å². The Bertz CT molecular complexity index is 472. The molecular formula is C13H19N3O3. The van der Waals surface area contributed by atoms with E-state index in [0.29, 0.717) is 18.2 Å². The maximum absolute atomic E-state index is 12.0. The molecule has 0 aliphatic rings. The molecule has 1 amide bonds. The predicted octanol–water partition coefficient (Wildman–Crippen LogP) is 2.41. The molecule has 0 fully saturated rings. The minimum absolute atomic E-state index is 0.0839. The Kier molecular flexibility index (Phi) is 5.29. The van der Waals surface area contributed by atoms with Crippen molar-refractivity contribution in [3.05, 3.63) is 33.9 Å². The number of benzene rings is 1. The quantitative estimate of drug-likeness (QED) is 0.611. The Hall–Kier alpha value is -2.11. The van der Waals surface area contributed by atoms with Crippen LogP contribution in [0.5, 0.6) is 0 Å². The van der Waals surface area contributed by atoms with Crippen molar-refractivity contribution >= 4 is 17.3 Å². The van der Waals surface area contributed by atoms with Crippen molar-refractivity contribution in [3.63, 3.8) is 0 Å². The van der Waals surface area contributed by atoms with Crippen molar-refractivity contribution in [1.29, 1.82) is 0 Å². The zero-order valence-electron chi connectivity index (χ0n) is 11.4. The Morgan fingerprint density at radius 2 is 2.11 bits per heavy atom. The smallest absolute Gasteiger partial charge is 0.305 e. The Morgan fingerprint density at radius 3 is 2.63 bits per heavy atom. The van der Waals surface area contributed by atoms with Gasteiger partial charge < -0.3 is 10.6 Å². The highest BCUT2D eigenvalue weighted by molar-refractivity contribution is 6.00. The minimum atomic E-state index is -0.538. The van der Waals surface area contributed by atoms with Crippen LogP contribution in [0.15, 0.2) is 18.2 Å². The normalized spacial score (nSPS) is 10.3. The third-order valence-electron chi connectivity index (χ3n) is 2.74. The molecule has 104 valence electrons. The fourth-order valence-electron chi connectivity index (χ4n) is 1.69. The second-order valence-electron chi connectivity index (χ2n) is 4.65. The van der Waals surface area contributed by atoms with Crippen molar-refractivity contribution in [3.8, 4) is 0 Å². The van der Waals surface area contributed by atoms with Crippen LogP contribution in [0.1, 0.15) is 30.6 Å². The summed E-state index contributed by atoms with van der Waals surface area (Å²) in [6.45, 7) is 4.61. The highest BCUT2D eigenvalue weighted by Gasteiger charge is 2.23. The van der Waals surface area contributed by atoms with E-state index in [2.05, 4.69) is 24.5 Å². The molecule has 0 bridgehead atoms. The number of hydrogen-bond acceptors (Lipinski definition) is 4. The molecule has 0 saturated carbocycles. The van der Waals surface area contributed by atoms with E-state index in [1.54, 1.807) is 19.2 Å². The molecule has 0 atom stereocenters. The average Bonchev–Trinajstić information content (AvgIpc) is 2.36. The molecule has 0 unspecified atom stereocenters. The van der Waals surface area contributed by atoms with E-state index in [1.807, 2.05) is 0 Å². The third-order valence-corrected chi connectivity index (χ3v) is 2.74. The van der Waals surface area contributed by atoms with E-state index in [9.17, 15) is 14.9 Å². The number of carbonyl (C=O) groups is 1. The molecule has 19 heavy (non-hydrogen) atoms. The number of para-hydroxylation sites is 1. The first-order chi connectivity index (χ1) is 8.97. The molecule has 0 spiro atoms.